The van der Waals surface area contributed by atoms with Crippen molar-refractivity contribution >= 4 is 45.6 Å². The van der Waals surface area contributed by atoms with Crippen molar-refractivity contribution in [2.45, 2.75) is 13.0 Å². The highest BCUT2D eigenvalue weighted by Gasteiger charge is 2.18. The summed E-state index contributed by atoms with van der Waals surface area (Å²) in [6, 6.07) is 18.6. The molecular formula is C19H15Cl2NO2. The lowest BCUT2D eigenvalue weighted by Gasteiger charge is -2.17. The van der Waals surface area contributed by atoms with E-state index in [1.54, 1.807) is 25.1 Å². The second-order valence-electron chi connectivity index (χ2n) is 5.32. The van der Waals surface area contributed by atoms with E-state index in [9.17, 15) is 4.79 Å². The third kappa shape index (κ3) is 3.48. The summed E-state index contributed by atoms with van der Waals surface area (Å²) in [5, 5.41) is 5.49. The standard InChI is InChI=1S/C19H15Cl2NO2/c1-12(19(23)22-18-15(20)9-5-10-16(18)21)24-17-11-4-7-13-6-2-3-8-14(13)17/h2-12H,1H3,(H,22,23)/t12-/m0/s1. The van der Waals surface area contributed by atoms with E-state index in [0.717, 1.165) is 10.8 Å². The number of ether oxygens (including phenoxy) is 1. The van der Waals surface area contributed by atoms with Crippen LogP contribution in [-0.2, 0) is 4.79 Å². The first-order valence-corrected chi connectivity index (χ1v) is 8.21. The van der Waals surface area contributed by atoms with Gasteiger partial charge in [0.1, 0.15) is 5.75 Å². The van der Waals surface area contributed by atoms with Gasteiger partial charge in [-0.25, -0.2) is 0 Å². The Hall–Kier alpha value is -2.23. The molecule has 3 nitrogen and oxygen atoms in total. The minimum atomic E-state index is -0.705. The number of anilines is 1. The fraction of sp³-hybridized carbons (Fsp3) is 0.105. The maximum absolute atomic E-state index is 12.4. The first-order valence-electron chi connectivity index (χ1n) is 7.45. The van der Waals surface area contributed by atoms with Gasteiger partial charge in [-0.2, -0.15) is 0 Å². The van der Waals surface area contributed by atoms with Crippen molar-refractivity contribution in [1.82, 2.24) is 0 Å². The van der Waals surface area contributed by atoms with Gasteiger partial charge in [0, 0.05) is 5.39 Å². The average Bonchev–Trinajstić information content (AvgIpc) is 2.58. The van der Waals surface area contributed by atoms with Crippen LogP contribution in [0.3, 0.4) is 0 Å². The van der Waals surface area contributed by atoms with Crippen LogP contribution in [0.25, 0.3) is 10.8 Å². The van der Waals surface area contributed by atoms with Crippen molar-refractivity contribution in [3.05, 3.63) is 70.7 Å². The predicted octanol–water partition coefficient (Wildman–Crippen LogP) is 5.55. The van der Waals surface area contributed by atoms with Gasteiger partial charge in [0.15, 0.2) is 6.10 Å². The minimum Gasteiger partial charge on any atom is -0.480 e. The zero-order valence-corrected chi connectivity index (χ0v) is 14.4. The Kier molecular flexibility index (Phi) is 4.93. The molecule has 0 fully saturated rings. The van der Waals surface area contributed by atoms with E-state index in [-0.39, 0.29) is 5.91 Å². The molecule has 0 bridgehead atoms. The van der Waals surface area contributed by atoms with Gasteiger partial charge in [-0.15, -0.1) is 0 Å². The normalized spacial score (nSPS) is 12.0. The van der Waals surface area contributed by atoms with Gasteiger partial charge < -0.3 is 10.1 Å². The molecule has 122 valence electrons. The summed E-state index contributed by atoms with van der Waals surface area (Å²) >= 11 is 12.2. The maximum atomic E-state index is 12.4. The molecule has 0 aliphatic heterocycles. The molecule has 0 saturated carbocycles. The van der Waals surface area contributed by atoms with Gasteiger partial charge in [0.2, 0.25) is 0 Å². The molecule has 0 heterocycles. The van der Waals surface area contributed by atoms with Crippen molar-refractivity contribution in [3.8, 4) is 5.75 Å². The largest absolute Gasteiger partial charge is 0.480 e. The highest BCUT2D eigenvalue weighted by Crippen LogP contribution is 2.30. The van der Waals surface area contributed by atoms with E-state index in [1.165, 1.54) is 0 Å². The Labute approximate surface area is 150 Å². The molecular weight excluding hydrogens is 345 g/mol. The molecule has 24 heavy (non-hydrogen) atoms. The number of halogens is 2. The van der Waals surface area contributed by atoms with Crippen LogP contribution >= 0.6 is 23.2 Å². The van der Waals surface area contributed by atoms with Crippen LogP contribution in [0.15, 0.2) is 60.7 Å². The molecule has 0 radical (unpaired) electrons. The molecule has 1 N–H and O–H groups in total. The highest BCUT2D eigenvalue weighted by molar-refractivity contribution is 6.39. The molecule has 0 aliphatic carbocycles. The summed E-state index contributed by atoms with van der Waals surface area (Å²) in [7, 11) is 0. The number of fused-ring (bicyclic) bond motifs is 1. The number of amides is 1. The molecule has 5 heteroatoms. The lowest BCUT2D eigenvalue weighted by atomic mass is 10.1. The average molecular weight is 360 g/mol. The minimum absolute atomic E-state index is 0.321. The fourth-order valence-corrected chi connectivity index (χ4v) is 2.88. The van der Waals surface area contributed by atoms with Crippen molar-refractivity contribution < 1.29 is 9.53 Å². The molecule has 0 spiro atoms. The van der Waals surface area contributed by atoms with Crippen molar-refractivity contribution in [2.24, 2.45) is 0 Å². The quantitative estimate of drug-likeness (QED) is 0.662. The summed E-state index contributed by atoms with van der Waals surface area (Å²) in [6.45, 7) is 1.68. The summed E-state index contributed by atoms with van der Waals surface area (Å²) in [5.74, 6) is 0.332. The van der Waals surface area contributed by atoms with Crippen LogP contribution < -0.4 is 10.1 Å². The number of hydrogen-bond donors (Lipinski definition) is 1. The Bertz CT molecular complexity index is 870. The summed E-state index contributed by atoms with van der Waals surface area (Å²) in [6.07, 6.45) is -0.705. The summed E-state index contributed by atoms with van der Waals surface area (Å²) in [4.78, 5) is 12.4. The number of hydrogen-bond acceptors (Lipinski definition) is 2. The van der Waals surface area contributed by atoms with Gasteiger partial charge in [-0.05, 0) is 30.5 Å². The first-order chi connectivity index (χ1) is 11.6. The second-order valence-corrected chi connectivity index (χ2v) is 6.14. The molecule has 3 aromatic rings. The number of para-hydroxylation sites is 1. The van der Waals surface area contributed by atoms with Crippen LogP contribution in [0.5, 0.6) is 5.75 Å². The van der Waals surface area contributed by atoms with Crippen LogP contribution in [0.2, 0.25) is 10.0 Å². The van der Waals surface area contributed by atoms with Crippen molar-refractivity contribution in [2.75, 3.05) is 5.32 Å². The van der Waals surface area contributed by atoms with E-state index in [1.807, 2.05) is 42.5 Å². The van der Waals surface area contributed by atoms with E-state index in [0.29, 0.717) is 21.5 Å². The van der Waals surface area contributed by atoms with E-state index in [2.05, 4.69) is 5.32 Å². The first kappa shape index (κ1) is 16.6. The van der Waals surface area contributed by atoms with E-state index >= 15 is 0 Å². The molecule has 0 unspecified atom stereocenters. The number of carbonyl (C=O) groups is 1. The fourth-order valence-electron chi connectivity index (χ4n) is 2.38. The Morgan fingerprint density at radius 3 is 2.33 bits per heavy atom. The summed E-state index contributed by atoms with van der Waals surface area (Å²) < 4.78 is 5.84. The van der Waals surface area contributed by atoms with Gasteiger partial charge >= 0.3 is 0 Å². The van der Waals surface area contributed by atoms with Crippen molar-refractivity contribution in [1.29, 1.82) is 0 Å². The van der Waals surface area contributed by atoms with E-state index in [4.69, 9.17) is 27.9 Å². The van der Waals surface area contributed by atoms with E-state index < -0.39 is 6.10 Å². The Morgan fingerprint density at radius 1 is 0.958 bits per heavy atom. The molecule has 3 rings (SSSR count). The topological polar surface area (TPSA) is 38.3 Å². The monoisotopic (exact) mass is 359 g/mol. The molecule has 0 saturated heterocycles. The van der Waals surface area contributed by atoms with Crippen molar-refractivity contribution in [3.63, 3.8) is 0 Å². The zero-order chi connectivity index (χ0) is 17.1. The van der Waals surface area contributed by atoms with Gasteiger partial charge in [0.05, 0.1) is 15.7 Å². The molecule has 3 aromatic carbocycles. The number of benzene rings is 3. The third-order valence-corrected chi connectivity index (χ3v) is 4.26. The second kappa shape index (κ2) is 7.12. The van der Waals surface area contributed by atoms with Crippen LogP contribution in [-0.4, -0.2) is 12.0 Å². The van der Waals surface area contributed by atoms with Crippen LogP contribution in [0, 0.1) is 0 Å². The number of carbonyl (C=O) groups excluding carboxylic acids is 1. The van der Waals surface area contributed by atoms with Crippen LogP contribution in [0.1, 0.15) is 6.92 Å². The lowest BCUT2D eigenvalue weighted by molar-refractivity contribution is -0.122. The predicted molar refractivity (Wildman–Crippen MR) is 99.1 cm³/mol. The lowest BCUT2D eigenvalue weighted by Crippen LogP contribution is -2.30. The Balaban J connectivity index is 1.79. The SMILES string of the molecule is C[C@H](Oc1cccc2ccccc12)C(=O)Nc1c(Cl)cccc1Cl. The third-order valence-electron chi connectivity index (χ3n) is 3.63. The Morgan fingerprint density at radius 2 is 1.58 bits per heavy atom. The number of nitrogens with one attached hydrogen (secondary N) is 1. The van der Waals surface area contributed by atoms with Crippen LogP contribution in [0.4, 0.5) is 5.69 Å². The summed E-state index contributed by atoms with van der Waals surface area (Å²) in [5.41, 5.74) is 0.388. The maximum Gasteiger partial charge on any atom is 0.265 e. The molecule has 1 atom stereocenters. The highest BCUT2D eigenvalue weighted by atomic mass is 35.5. The van der Waals surface area contributed by atoms with Gasteiger partial charge in [0.25, 0.3) is 5.91 Å². The number of rotatable bonds is 4. The molecule has 1 amide bonds. The molecule has 0 aromatic heterocycles. The molecule has 0 aliphatic rings. The smallest absolute Gasteiger partial charge is 0.265 e. The van der Waals surface area contributed by atoms with Gasteiger partial charge in [-0.1, -0.05) is 65.7 Å². The van der Waals surface area contributed by atoms with Gasteiger partial charge in [-0.3, -0.25) is 4.79 Å². The zero-order valence-electron chi connectivity index (χ0n) is 12.9.